The molecule has 0 spiro atoms. The van der Waals surface area contributed by atoms with Gasteiger partial charge >= 0.3 is 0 Å². The average Bonchev–Trinajstić information content (AvgIpc) is 2.28. The van der Waals surface area contributed by atoms with Crippen LogP contribution in [0.4, 0.5) is 0 Å². The molecule has 0 heterocycles. The number of hydrogen-bond acceptors (Lipinski definition) is 4. The standard InChI is InChI=1S/C6Cl2N6O2/c7-1-3(11-13-9)2(8)5(15)6(16)4(1)12-14-10. The Bertz CT molecular complexity index is 528. The zero-order valence-electron chi connectivity index (χ0n) is 7.26. The van der Waals surface area contributed by atoms with E-state index in [1.165, 1.54) is 0 Å². The first-order valence-electron chi connectivity index (χ1n) is 3.53. The second-order valence-corrected chi connectivity index (χ2v) is 3.12. The summed E-state index contributed by atoms with van der Waals surface area (Å²) < 4.78 is 0. The number of halogens is 2. The van der Waals surface area contributed by atoms with Gasteiger partial charge in [-0.1, -0.05) is 33.4 Å². The summed E-state index contributed by atoms with van der Waals surface area (Å²) in [5.41, 5.74) is 15.3. The van der Waals surface area contributed by atoms with Gasteiger partial charge in [-0.3, -0.25) is 9.59 Å². The molecular weight excluding hydrogens is 259 g/mol. The molecule has 0 radical (unpaired) electrons. The number of rotatable bonds is 2. The lowest BCUT2D eigenvalue weighted by Gasteiger charge is -2.11. The van der Waals surface area contributed by atoms with Gasteiger partial charge in [-0.05, 0) is 11.1 Å². The van der Waals surface area contributed by atoms with E-state index >= 15 is 0 Å². The first-order chi connectivity index (χ1) is 7.54. The summed E-state index contributed by atoms with van der Waals surface area (Å²) in [6, 6.07) is 0. The monoisotopic (exact) mass is 258 g/mol. The molecule has 0 atom stereocenters. The maximum atomic E-state index is 11.3. The Kier molecular flexibility index (Phi) is 3.55. The van der Waals surface area contributed by atoms with Crippen molar-refractivity contribution >= 4 is 34.8 Å². The van der Waals surface area contributed by atoms with Crippen molar-refractivity contribution in [3.05, 3.63) is 42.3 Å². The normalized spacial score (nSPS) is 15.9. The summed E-state index contributed by atoms with van der Waals surface area (Å²) in [6.07, 6.45) is 0. The average molecular weight is 259 g/mol. The van der Waals surface area contributed by atoms with Crippen LogP contribution >= 0.6 is 23.2 Å². The first-order valence-corrected chi connectivity index (χ1v) is 4.29. The quantitative estimate of drug-likeness (QED) is 0.248. The van der Waals surface area contributed by atoms with E-state index in [-0.39, 0.29) is 0 Å². The third-order valence-electron chi connectivity index (χ3n) is 1.53. The number of nitrogens with zero attached hydrogens (tertiary/aromatic N) is 6. The summed E-state index contributed by atoms with van der Waals surface area (Å²) >= 11 is 11.1. The zero-order chi connectivity index (χ0) is 12.3. The molecule has 0 aromatic carbocycles. The molecule has 0 saturated carbocycles. The van der Waals surface area contributed by atoms with Gasteiger partial charge in [-0.15, -0.1) is 0 Å². The molecule has 80 valence electrons. The lowest BCUT2D eigenvalue weighted by atomic mass is 10.1. The van der Waals surface area contributed by atoms with Gasteiger partial charge in [0.15, 0.2) is 0 Å². The Balaban J connectivity index is 3.59. The van der Waals surface area contributed by atoms with Crippen LogP contribution in [0.5, 0.6) is 0 Å². The number of ketones is 2. The van der Waals surface area contributed by atoms with Gasteiger partial charge in [0, 0.05) is 9.82 Å². The molecule has 16 heavy (non-hydrogen) atoms. The molecule has 0 bridgehead atoms. The van der Waals surface area contributed by atoms with Crippen molar-refractivity contribution in [2.24, 2.45) is 10.2 Å². The predicted molar refractivity (Wildman–Crippen MR) is 54.1 cm³/mol. The highest BCUT2D eigenvalue weighted by atomic mass is 35.5. The molecule has 1 aliphatic rings. The van der Waals surface area contributed by atoms with E-state index in [0.29, 0.717) is 0 Å². The number of hydrogen-bond donors (Lipinski definition) is 0. The minimum Gasteiger partial charge on any atom is -0.285 e. The number of carbonyl (C=O) groups excluding carboxylic acids is 2. The SMILES string of the molecule is [N-]=[N+]=NC1=C(Cl)C(N=[N+]=[N-])=C(Cl)C(=O)C1=O. The van der Waals surface area contributed by atoms with E-state index in [1.807, 2.05) is 0 Å². The van der Waals surface area contributed by atoms with Gasteiger partial charge in [0.1, 0.15) is 10.7 Å². The van der Waals surface area contributed by atoms with E-state index in [2.05, 4.69) is 20.1 Å². The van der Waals surface area contributed by atoms with Crippen LogP contribution in [0, 0.1) is 0 Å². The van der Waals surface area contributed by atoms with Crippen LogP contribution < -0.4 is 0 Å². The van der Waals surface area contributed by atoms with Gasteiger partial charge in [-0.2, -0.15) is 0 Å². The summed E-state index contributed by atoms with van der Waals surface area (Å²) in [4.78, 5) is 27.2. The fourth-order valence-electron chi connectivity index (χ4n) is 0.889. The highest BCUT2D eigenvalue weighted by Gasteiger charge is 2.32. The number of allylic oxidation sites excluding steroid dienone is 3. The highest BCUT2D eigenvalue weighted by Crippen LogP contribution is 2.32. The van der Waals surface area contributed by atoms with E-state index in [1.54, 1.807) is 0 Å². The van der Waals surface area contributed by atoms with Crippen molar-refractivity contribution in [1.29, 1.82) is 0 Å². The molecule has 0 amide bonds. The largest absolute Gasteiger partial charge is 0.285 e. The molecule has 0 unspecified atom stereocenters. The summed E-state index contributed by atoms with van der Waals surface area (Å²) in [6.45, 7) is 0. The van der Waals surface area contributed by atoms with Crippen molar-refractivity contribution in [1.82, 2.24) is 0 Å². The highest BCUT2D eigenvalue weighted by molar-refractivity contribution is 6.63. The maximum absolute atomic E-state index is 11.3. The van der Waals surface area contributed by atoms with E-state index in [9.17, 15) is 9.59 Å². The zero-order valence-corrected chi connectivity index (χ0v) is 8.77. The fourth-order valence-corrected chi connectivity index (χ4v) is 1.41. The van der Waals surface area contributed by atoms with Crippen LogP contribution in [-0.2, 0) is 9.59 Å². The number of Topliss-reactive ketones (excluding diaryl/α,β-unsaturated/α-hetero) is 2. The minimum absolute atomic E-state index is 0.433. The van der Waals surface area contributed by atoms with Crippen molar-refractivity contribution in [2.45, 2.75) is 0 Å². The Morgan fingerprint density at radius 3 is 1.88 bits per heavy atom. The molecule has 8 nitrogen and oxygen atoms in total. The second kappa shape index (κ2) is 4.69. The second-order valence-electron chi connectivity index (χ2n) is 2.36. The maximum Gasteiger partial charge on any atom is 0.245 e. The Hall–Kier alpha value is -1.98. The fraction of sp³-hybridized carbons (Fsp3) is 0. The molecule has 0 aromatic heterocycles. The van der Waals surface area contributed by atoms with Crippen molar-refractivity contribution in [3.63, 3.8) is 0 Å². The van der Waals surface area contributed by atoms with Gasteiger partial charge in [-0.25, -0.2) is 0 Å². The molecule has 1 rings (SSSR count). The Morgan fingerprint density at radius 2 is 1.38 bits per heavy atom. The molecule has 10 heteroatoms. The van der Waals surface area contributed by atoms with Gasteiger partial charge < -0.3 is 0 Å². The minimum atomic E-state index is -1.15. The lowest BCUT2D eigenvalue weighted by molar-refractivity contribution is -0.132. The molecule has 0 aromatic rings. The van der Waals surface area contributed by atoms with Crippen LogP contribution in [0.25, 0.3) is 20.9 Å². The third-order valence-corrected chi connectivity index (χ3v) is 2.24. The van der Waals surface area contributed by atoms with Crippen molar-refractivity contribution < 1.29 is 9.59 Å². The number of carbonyl (C=O) groups is 2. The van der Waals surface area contributed by atoms with Crippen molar-refractivity contribution in [2.75, 3.05) is 0 Å². The van der Waals surface area contributed by atoms with Gasteiger partial charge in [0.2, 0.25) is 11.6 Å². The molecule has 0 saturated heterocycles. The van der Waals surface area contributed by atoms with Crippen LogP contribution in [0.15, 0.2) is 31.7 Å². The van der Waals surface area contributed by atoms with Crippen LogP contribution in [0.1, 0.15) is 0 Å². The summed E-state index contributed by atoms with van der Waals surface area (Å²) in [7, 11) is 0. The molecule has 1 aliphatic carbocycles. The Morgan fingerprint density at radius 1 is 0.875 bits per heavy atom. The van der Waals surface area contributed by atoms with Gasteiger partial charge in [0.05, 0.1) is 10.7 Å². The van der Waals surface area contributed by atoms with Gasteiger partial charge in [0.25, 0.3) is 0 Å². The summed E-state index contributed by atoms with van der Waals surface area (Å²) in [5, 5.41) is 4.93. The molecular formula is C6Cl2N6O2. The molecule has 0 fully saturated rings. The third kappa shape index (κ3) is 1.86. The number of azide groups is 2. The predicted octanol–water partition coefficient (Wildman–Crippen LogP) is 2.66. The van der Waals surface area contributed by atoms with Crippen LogP contribution in [0.2, 0.25) is 0 Å². The smallest absolute Gasteiger partial charge is 0.245 e. The van der Waals surface area contributed by atoms with E-state index in [4.69, 9.17) is 34.3 Å². The van der Waals surface area contributed by atoms with Crippen LogP contribution in [-0.4, -0.2) is 11.6 Å². The summed E-state index contributed by atoms with van der Waals surface area (Å²) in [5.74, 6) is -2.29. The lowest BCUT2D eigenvalue weighted by Crippen LogP contribution is -2.21. The molecule has 0 N–H and O–H groups in total. The molecule has 0 aliphatic heterocycles. The Labute approximate surface area is 97.4 Å². The van der Waals surface area contributed by atoms with Crippen LogP contribution in [0.3, 0.4) is 0 Å². The van der Waals surface area contributed by atoms with Crippen molar-refractivity contribution in [3.8, 4) is 0 Å². The first kappa shape index (κ1) is 12.1. The van der Waals surface area contributed by atoms with E-state index in [0.717, 1.165) is 0 Å². The van der Waals surface area contributed by atoms with E-state index < -0.39 is 33.0 Å². The topological polar surface area (TPSA) is 132 Å².